The third-order valence-corrected chi connectivity index (χ3v) is 6.98. The predicted octanol–water partition coefficient (Wildman–Crippen LogP) is 7.65. The Hall–Kier alpha value is -2.89. The molecule has 0 bridgehead atoms. The molecule has 1 aliphatic carbocycles. The average Bonchev–Trinajstić information content (AvgIpc) is 2.92. The molecule has 0 amide bonds. The summed E-state index contributed by atoms with van der Waals surface area (Å²) in [6.45, 7) is 4.76. The normalized spacial score (nSPS) is 18.1. The Morgan fingerprint density at radius 2 is 1.54 bits per heavy atom. The molecular formula is C31H41FO5. The number of unbranched alkanes of at least 4 members (excludes halogenated alkanes) is 2. The summed E-state index contributed by atoms with van der Waals surface area (Å²) in [5, 5.41) is 0. The second-order valence-electron chi connectivity index (χ2n) is 9.99. The quantitative estimate of drug-likeness (QED) is 0.148. The summed E-state index contributed by atoms with van der Waals surface area (Å²) < 4.78 is 30.4. The van der Waals surface area contributed by atoms with Gasteiger partial charge in [0.1, 0.15) is 17.6 Å². The first kappa shape index (κ1) is 28.7. The van der Waals surface area contributed by atoms with Gasteiger partial charge in [0.2, 0.25) is 0 Å². The van der Waals surface area contributed by atoms with Crippen molar-refractivity contribution >= 4 is 11.9 Å². The van der Waals surface area contributed by atoms with Crippen LogP contribution in [0.4, 0.5) is 4.39 Å². The van der Waals surface area contributed by atoms with E-state index in [1.165, 1.54) is 5.56 Å². The maximum Gasteiger partial charge on any atom is 0.343 e. The number of esters is 2. The molecule has 3 rings (SSSR count). The predicted molar refractivity (Wildman–Crippen MR) is 143 cm³/mol. The Balaban J connectivity index is 1.36. The van der Waals surface area contributed by atoms with Crippen molar-refractivity contribution in [1.29, 1.82) is 0 Å². The van der Waals surface area contributed by atoms with Gasteiger partial charge in [-0.25, -0.2) is 14.0 Å². The fraction of sp³-hybridized carbons (Fsp3) is 0.548. The number of carbonyl (C=O) groups is 2. The van der Waals surface area contributed by atoms with Crippen molar-refractivity contribution < 1.29 is 28.2 Å². The molecule has 0 aliphatic heterocycles. The molecule has 37 heavy (non-hydrogen) atoms. The number of carbonyl (C=O) groups excluding carboxylic acids is 2. The van der Waals surface area contributed by atoms with Crippen LogP contribution in [0.2, 0.25) is 0 Å². The van der Waals surface area contributed by atoms with Crippen LogP contribution in [0.25, 0.3) is 0 Å². The van der Waals surface area contributed by atoms with Gasteiger partial charge in [-0.2, -0.15) is 0 Å². The number of rotatable bonds is 14. The van der Waals surface area contributed by atoms with Crippen molar-refractivity contribution in [3.8, 4) is 11.5 Å². The van der Waals surface area contributed by atoms with Gasteiger partial charge < -0.3 is 14.2 Å². The van der Waals surface area contributed by atoms with E-state index in [9.17, 15) is 14.0 Å². The Labute approximate surface area is 220 Å². The summed E-state index contributed by atoms with van der Waals surface area (Å²) in [6, 6.07) is 14.7. The van der Waals surface area contributed by atoms with Crippen molar-refractivity contribution in [3.63, 3.8) is 0 Å². The molecule has 202 valence electrons. The summed E-state index contributed by atoms with van der Waals surface area (Å²) in [4.78, 5) is 24.4. The minimum absolute atomic E-state index is 0.151. The van der Waals surface area contributed by atoms with Crippen molar-refractivity contribution in [2.45, 2.75) is 96.8 Å². The smallest absolute Gasteiger partial charge is 0.343 e. The number of benzene rings is 2. The van der Waals surface area contributed by atoms with Gasteiger partial charge in [-0.15, -0.1) is 0 Å². The maximum absolute atomic E-state index is 13.9. The monoisotopic (exact) mass is 512 g/mol. The van der Waals surface area contributed by atoms with Gasteiger partial charge in [0, 0.05) is 0 Å². The van der Waals surface area contributed by atoms with Crippen LogP contribution in [0.5, 0.6) is 11.5 Å². The molecule has 5 nitrogen and oxygen atoms in total. The lowest BCUT2D eigenvalue weighted by atomic mass is 9.83. The Morgan fingerprint density at radius 1 is 0.892 bits per heavy atom. The topological polar surface area (TPSA) is 61.8 Å². The van der Waals surface area contributed by atoms with Crippen LogP contribution >= 0.6 is 0 Å². The molecule has 0 N–H and O–H groups in total. The lowest BCUT2D eigenvalue weighted by Crippen LogP contribution is -2.29. The van der Waals surface area contributed by atoms with Crippen molar-refractivity contribution in [3.05, 3.63) is 59.7 Å². The second-order valence-corrected chi connectivity index (χ2v) is 9.99. The SMILES string of the molecule is CCCCOc1ccc(C(=O)Oc2ccc(CC[C@H]3CC[C@H](OC(=O)[C@@H](F)CCCC)CC3)cc2)cc1. The summed E-state index contributed by atoms with van der Waals surface area (Å²) in [5.74, 6) is 0.757. The summed E-state index contributed by atoms with van der Waals surface area (Å²) in [6.07, 6.45) is 7.83. The zero-order valence-electron chi connectivity index (χ0n) is 22.3. The largest absolute Gasteiger partial charge is 0.494 e. The first-order valence-electron chi connectivity index (χ1n) is 13.9. The molecule has 2 aromatic rings. The highest BCUT2D eigenvalue weighted by Gasteiger charge is 2.27. The van der Waals surface area contributed by atoms with E-state index >= 15 is 0 Å². The highest BCUT2D eigenvalue weighted by molar-refractivity contribution is 5.91. The van der Waals surface area contributed by atoms with E-state index in [4.69, 9.17) is 14.2 Å². The van der Waals surface area contributed by atoms with E-state index in [0.29, 0.717) is 30.3 Å². The summed E-state index contributed by atoms with van der Waals surface area (Å²) in [7, 11) is 0. The molecule has 6 heteroatoms. The second kappa shape index (κ2) is 15.4. The Bertz CT molecular complexity index is 949. The van der Waals surface area contributed by atoms with Crippen molar-refractivity contribution in [2.75, 3.05) is 6.61 Å². The van der Waals surface area contributed by atoms with Crippen LogP contribution in [-0.4, -0.2) is 30.8 Å². The van der Waals surface area contributed by atoms with Gasteiger partial charge in [0.05, 0.1) is 12.2 Å². The van der Waals surface area contributed by atoms with E-state index in [-0.39, 0.29) is 12.5 Å². The number of hydrogen-bond donors (Lipinski definition) is 0. The van der Waals surface area contributed by atoms with Gasteiger partial charge in [-0.05, 0) is 99.2 Å². The van der Waals surface area contributed by atoms with Gasteiger partial charge >= 0.3 is 11.9 Å². The van der Waals surface area contributed by atoms with E-state index in [2.05, 4.69) is 6.92 Å². The molecular weight excluding hydrogens is 471 g/mol. The Morgan fingerprint density at radius 3 is 2.19 bits per heavy atom. The van der Waals surface area contributed by atoms with Crippen molar-refractivity contribution in [2.24, 2.45) is 5.92 Å². The zero-order chi connectivity index (χ0) is 26.5. The molecule has 1 fully saturated rings. The lowest BCUT2D eigenvalue weighted by Gasteiger charge is -2.28. The zero-order valence-corrected chi connectivity index (χ0v) is 22.3. The summed E-state index contributed by atoms with van der Waals surface area (Å²) in [5.41, 5.74) is 1.68. The van der Waals surface area contributed by atoms with Crippen LogP contribution in [0, 0.1) is 5.92 Å². The average molecular weight is 513 g/mol. The number of halogens is 1. The minimum Gasteiger partial charge on any atom is -0.494 e. The number of hydrogen-bond acceptors (Lipinski definition) is 5. The number of ether oxygens (including phenoxy) is 3. The van der Waals surface area contributed by atoms with E-state index in [0.717, 1.165) is 63.5 Å². The third kappa shape index (κ3) is 9.83. The molecule has 0 radical (unpaired) electrons. The summed E-state index contributed by atoms with van der Waals surface area (Å²) >= 11 is 0. The van der Waals surface area contributed by atoms with Crippen LogP contribution in [0.1, 0.15) is 94.0 Å². The fourth-order valence-electron chi connectivity index (χ4n) is 4.56. The molecule has 0 heterocycles. The molecule has 0 aromatic heterocycles. The molecule has 1 atom stereocenters. The lowest BCUT2D eigenvalue weighted by molar-refractivity contribution is -0.157. The minimum atomic E-state index is -1.49. The van der Waals surface area contributed by atoms with Gasteiger partial charge in [-0.3, -0.25) is 0 Å². The highest BCUT2D eigenvalue weighted by atomic mass is 19.1. The maximum atomic E-state index is 13.9. The molecule has 1 saturated carbocycles. The molecule has 0 saturated heterocycles. The van der Waals surface area contributed by atoms with Crippen LogP contribution < -0.4 is 9.47 Å². The Kier molecular flexibility index (Phi) is 11.9. The van der Waals surface area contributed by atoms with Gasteiger partial charge in [0.15, 0.2) is 6.17 Å². The molecule has 1 aliphatic rings. The van der Waals surface area contributed by atoms with Crippen LogP contribution in [0.3, 0.4) is 0 Å². The molecule has 0 spiro atoms. The first-order chi connectivity index (χ1) is 18.0. The van der Waals surface area contributed by atoms with E-state index in [1.54, 1.807) is 24.3 Å². The van der Waals surface area contributed by atoms with Crippen LogP contribution in [-0.2, 0) is 16.0 Å². The van der Waals surface area contributed by atoms with Crippen molar-refractivity contribution in [1.82, 2.24) is 0 Å². The molecule has 2 aromatic carbocycles. The van der Waals surface area contributed by atoms with E-state index < -0.39 is 18.1 Å². The van der Waals surface area contributed by atoms with Gasteiger partial charge in [0.25, 0.3) is 0 Å². The molecule has 0 unspecified atom stereocenters. The first-order valence-corrected chi connectivity index (χ1v) is 13.9. The number of alkyl halides is 1. The highest BCUT2D eigenvalue weighted by Crippen LogP contribution is 2.30. The number of aryl methyl sites for hydroxylation is 1. The third-order valence-electron chi connectivity index (χ3n) is 6.98. The van der Waals surface area contributed by atoms with Gasteiger partial charge in [-0.1, -0.05) is 45.2 Å². The standard InChI is InChI=1S/C31H41FO5/c1-3-5-7-29(32)31(34)37-28-18-12-24(13-19-28)9-8-23-10-16-27(17-11-23)36-30(33)25-14-20-26(21-15-25)35-22-6-4-2/h10-11,14-17,20-21,24,28-29H,3-9,12-13,18-19,22H2,1-2H3/t24-,28-,29-/m0/s1. The fourth-order valence-corrected chi connectivity index (χ4v) is 4.56. The van der Waals surface area contributed by atoms with E-state index in [1.807, 2.05) is 31.2 Å². The van der Waals surface area contributed by atoms with Crippen LogP contribution in [0.15, 0.2) is 48.5 Å².